The SMILES string of the molecule is COc1cc(Cl)c(C)cc1NC(=O)Cn1cnc2sc(C(=O)OCC(C)C)c(C)c2c1=O. The van der Waals surface area contributed by atoms with E-state index < -0.39 is 17.4 Å². The third kappa shape index (κ3) is 4.94. The number of nitrogens with zero attached hydrogens (tertiary/aromatic N) is 2. The molecule has 0 aliphatic heterocycles. The number of nitrogens with one attached hydrogen (secondary N) is 1. The fourth-order valence-electron chi connectivity index (χ4n) is 3.05. The van der Waals surface area contributed by atoms with Gasteiger partial charge in [0.05, 0.1) is 31.1 Å². The van der Waals surface area contributed by atoms with Crippen LogP contribution in [0.5, 0.6) is 5.75 Å². The molecule has 8 nitrogen and oxygen atoms in total. The van der Waals surface area contributed by atoms with E-state index in [1.165, 1.54) is 18.0 Å². The Kier molecular flexibility index (Phi) is 7.20. The Bertz CT molecular complexity index is 1250. The normalized spacial score (nSPS) is 11.1. The van der Waals surface area contributed by atoms with E-state index >= 15 is 0 Å². The fourth-order valence-corrected chi connectivity index (χ4v) is 4.24. The first-order chi connectivity index (χ1) is 15.1. The first-order valence-corrected chi connectivity index (χ1v) is 11.1. The van der Waals surface area contributed by atoms with Gasteiger partial charge in [0.2, 0.25) is 5.91 Å². The molecule has 1 aromatic carbocycles. The van der Waals surface area contributed by atoms with Crippen LogP contribution in [0.15, 0.2) is 23.3 Å². The van der Waals surface area contributed by atoms with E-state index in [1.807, 2.05) is 20.8 Å². The molecule has 3 rings (SSSR count). The summed E-state index contributed by atoms with van der Waals surface area (Å²) in [5, 5.41) is 3.56. The molecule has 0 saturated carbocycles. The Morgan fingerprint density at radius 2 is 2.00 bits per heavy atom. The maximum Gasteiger partial charge on any atom is 0.348 e. The molecular weight excluding hydrogens is 454 g/mol. The highest BCUT2D eigenvalue weighted by Gasteiger charge is 2.21. The van der Waals surface area contributed by atoms with Gasteiger partial charge in [0, 0.05) is 11.1 Å². The molecule has 0 fully saturated rings. The van der Waals surface area contributed by atoms with Crippen LogP contribution in [0.25, 0.3) is 10.2 Å². The molecular formula is C22H24ClN3O5S. The standard InChI is InChI=1S/C22H24ClN3O5S/c1-11(2)9-31-22(29)19-13(4)18-20(32-19)24-10-26(21(18)28)8-17(27)25-15-6-12(3)14(23)7-16(15)30-5/h6-7,10-11H,8-9H2,1-5H3,(H,25,27). The van der Waals surface area contributed by atoms with Crippen LogP contribution in [0, 0.1) is 19.8 Å². The van der Waals surface area contributed by atoms with Crippen molar-refractivity contribution in [3.8, 4) is 5.75 Å². The largest absolute Gasteiger partial charge is 0.495 e. The molecule has 32 heavy (non-hydrogen) atoms. The van der Waals surface area contributed by atoms with Gasteiger partial charge in [0.15, 0.2) is 0 Å². The minimum atomic E-state index is -0.479. The summed E-state index contributed by atoms with van der Waals surface area (Å²) in [7, 11) is 1.47. The van der Waals surface area contributed by atoms with Crippen molar-refractivity contribution in [2.24, 2.45) is 5.92 Å². The Hall–Kier alpha value is -2.91. The highest BCUT2D eigenvalue weighted by atomic mass is 35.5. The summed E-state index contributed by atoms with van der Waals surface area (Å²) >= 11 is 7.21. The van der Waals surface area contributed by atoms with Crippen molar-refractivity contribution in [2.45, 2.75) is 34.2 Å². The Morgan fingerprint density at radius 1 is 1.28 bits per heavy atom. The number of carbonyl (C=O) groups is 2. The number of carbonyl (C=O) groups excluding carboxylic acids is 2. The summed E-state index contributed by atoms with van der Waals surface area (Å²) in [6.07, 6.45) is 1.30. The molecule has 0 unspecified atom stereocenters. The van der Waals surface area contributed by atoms with Crippen LogP contribution < -0.4 is 15.6 Å². The van der Waals surface area contributed by atoms with E-state index in [0.29, 0.717) is 37.1 Å². The minimum Gasteiger partial charge on any atom is -0.495 e. The van der Waals surface area contributed by atoms with E-state index in [1.54, 1.807) is 19.1 Å². The van der Waals surface area contributed by atoms with Gasteiger partial charge in [-0.05, 0) is 37.0 Å². The second-order valence-electron chi connectivity index (χ2n) is 7.76. The van der Waals surface area contributed by atoms with Crippen LogP contribution in [0.2, 0.25) is 5.02 Å². The number of hydrogen-bond acceptors (Lipinski definition) is 7. The smallest absolute Gasteiger partial charge is 0.348 e. The Morgan fingerprint density at radius 3 is 2.66 bits per heavy atom. The molecule has 1 N–H and O–H groups in total. The second-order valence-corrected chi connectivity index (χ2v) is 9.16. The molecule has 0 bridgehead atoms. The van der Waals surface area contributed by atoms with Crippen molar-refractivity contribution in [1.29, 1.82) is 0 Å². The molecule has 0 aliphatic carbocycles. The number of thiophene rings is 1. The van der Waals surface area contributed by atoms with E-state index in [4.69, 9.17) is 21.1 Å². The molecule has 170 valence electrons. The van der Waals surface area contributed by atoms with Crippen LogP contribution in [-0.2, 0) is 16.1 Å². The molecule has 2 aromatic heterocycles. The number of halogens is 1. The lowest BCUT2D eigenvalue weighted by Gasteiger charge is -2.13. The monoisotopic (exact) mass is 477 g/mol. The Balaban J connectivity index is 1.86. The van der Waals surface area contributed by atoms with Crippen molar-refractivity contribution in [2.75, 3.05) is 19.0 Å². The molecule has 0 atom stereocenters. The summed E-state index contributed by atoms with van der Waals surface area (Å²) in [4.78, 5) is 43.1. The molecule has 1 amide bonds. The van der Waals surface area contributed by atoms with Crippen LogP contribution in [0.3, 0.4) is 0 Å². The lowest BCUT2D eigenvalue weighted by atomic mass is 10.2. The lowest BCUT2D eigenvalue weighted by Crippen LogP contribution is -2.28. The summed E-state index contributed by atoms with van der Waals surface area (Å²) in [6, 6.07) is 3.31. The number of hydrogen-bond donors (Lipinski definition) is 1. The lowest BCUT2D eigenvalue weighted by molar-refractivity contribution is -0.116. The van der Waals surface area contributed by atoms with Gasteiger partial charge in [-0.25, -0.2) is 9.78 Å². The predicted octanol–water partition coefficient (Wildman–Crippen LogP) is 4.19. The predicted molar refractivity (Wildman–Crippen MR) is 125 cm³/mol. The van der Waals surface area contributed by atoms with E-state index in [0.717, 1.165) is 16.9 Å². The van der Waals surface area contributed by atoms with Gasteiger partial charge in [-0.15, -0.1) is 11.3 Å². The fraction of sp³-hybridized carbons (Fsp3) is 0.364. The van der Waals surface area contributed by atoms with Crippen molar-refractivity contribution in [1.82, 2.24) is 9.55 Å². The zero-order chi connectivity index (χ0) is 23.6. The van der Waals surface area contributed by atoms with Gasteiger partial charge in [-0.2, -0.15) is 0 Å². The number of fused-ring (bicyclic) bond motifs is 1. The molecule has 3 aromatic rings. The van der Waals surface area contributed by atoms with Crippen LogP contribution in [-0.4, -0.2) is 35.1 Å². The van der Waals surface area contributed by atoms with Gasteiger partial charge in [-0.1, -0.05) is 25.4 Å². The zero-order valence-electron chi connectivity index (χ0n) is 18.4. The molecule has 2 heterocycles. The first-order valence-electron chi connectivity index (χ1n) is 9.92. The second kappa shape index (κ2) is 9.70. The average molecular weight is 478 g/mol. The molecule has 0 saturated heterocycles. The number of amides is 1. The first kappa shape index (κ1) is 23.7. The third-order valence-corrected chi connectivity index (χ3v) is 6.31. The molecule has 10 heteroatoms. The topological polar surface area (TPSA) is 99.5 Å². The molecule has 0 aliphatic rings. The number of rotatable bonds is 7. The highest BCUT2D eigenvalue weighted by Crippen LogP contribution is 2.31. The minimum absolute atomic E-state index is 0.200. The van der Waals surface area contributed by atoms with Crippen molar-refractivity contribution >= 4 is 50.7 Å². The van der Waals surface area contributed by atoms with Gasteiger partial charge >= 0.3 is 5.97 Å². The van der Waals surface area contributed by atoms with Gasteiger partial charge in [-0.3, -0.25) is 14.2 Å². The third-order valence-electron chi connectivity index (χ3n) is 4.72. The molecule has 0 radical (unpaired) electrons. The van der Waals surface area contributed by atoms with E-state index in [-0.39, 0.29) is 19.1 Å². The number of benzene rings is 1. The maximum absolute atomic E-state index is 13.0. The van der Waals surface area contributed by atoms with Gasteiger partial charge in [0.1, 0.15) is 22.0 Å². The number of aryl methyl sites for hydroxylation is 2. The summed E-state index contributed by atoms with van der Waals surface area (Å²) < 4.78 is 11.8. The summed E-state index contributed by atoms with van der Waals surface area (Å²) in [5.74, 6) is -0.301. The van der Waals surface area contributed by atoms with E-state index in [2.05, 4.69) is 10.3 Å². The number of esters is 1. The average Bonchev–Trinajstić information content (AvgIpc) is 3.08. The van der Waals surface area contributed by atoms with Gasteiger partial charge in [0.25, 0.3) is 5.56 Å². The number of anilines is 1. The van der Waals surface area contributed by atoms with Crippen molar-refractivity contribution in [3.63, 3.8) is 0 Å². The van der Waals surface area contributed by atoms with Crippen LogP contribution in [0.4, 0.5) is 5.69 Å². The number of ether oxygens (including phenoxy) is 2. The Labute approximate surface area is 194 Å². The van der Waals surface area contributed by atoms with Crippen LogP contribution in [0.1, 0.15) is 34.6 Å². The molecule has 0 spiro atoms. The summed E-state index contributed by atoms with van der Waals surface area (Å²) in [6.45, 7) is 7.41. The number of methoxy groups -OCH3 is 1. The quantitative estimate of drug-likeness (QED) is 0.512. The zero-order valence-corrected chi connectivity index (χ0v) is 20.0. The van der Waals surface area contributed by atoms with E-state index in [9.17, 15) is 14.4 Å². The number of aromatic nitrogens is 2. The summed E-state index contributed by atoms with van der Waals surface area (Å²) in [5.41, 5.74) is 1.32. The van der Waals surface area contributed by atoms with Crippen LogP contribution >= 0.6 is 22.9 Å². The van der Waals surface area contributed by atoms with Crippen molar-refractivity contribution < 1.29 is 19.1 Å². The van der Waals surface area contributed by atoms with Gasteiger partial charge < -0.3 is 14.8 Å². The highest BCUT2D eigenvalue weighted by molar-refractivity contribution is 7.20. The van der Waals surface area contributed by atoms with Crippen molar-refractivity contribution in [3.05, 3.63) is 49.8 Å². The maximum atomic E-state index is 13.0.